The van der Waals surface area contributed by atoms with Crippen molar-refractivity contribution in [3.05, 3.63) is 22.2 Å². The lowest BCUT2D eigenvalue weighted by atomic mass is 10.1. The van der Waals surface area contributed by atoms with E-state index in [2.05, 4.69) is 38.7 Å². The van der Waals surface area contributed by atoms with Crippen LogP contribution < -0.4 is 5.32 Å². The molecule has 66 valence electrons. The molecule has 0 aromatic carbocycles. The molecular formula is C10H17NSi. The minimum absolute atomic E-state index is 0.238. The lowest BCUT2D eigenvalue weighted by Crippen LogP contribution is -2.35. The van der Waals surface area contributed by atoms with Gasteiger partial charge in [-0.1, -0.05) is 17.8 Å². The summed E-state index contributed by atoms with van der Waals surface area (Å²) in [6.07, 6.45) is 3.58. The zero-order chi connectivity index (χ0) is 8.93. The Morgan fingerprint density at radius 2 is 2.08 bits per heavy atom. The fourth-order valence-corrected chi connectivity index (χ4v) is 4.67. The predicted octanol–water partition coefficient (Wildman–Crippen LogP) is 1.91. The van der Waals surface area contributed by atoms with Gasteiger partial charge in [0.25, 0.3) is 0 Å². The fourth-order valence-electron chi connectivity index (χ4n) is 1.97. The molecule has 1 saturated heterocycles. The van der Waals surface area contributed by atoms with E-state index in [4.69, 9.17) is 0 Å². The second-order valence-electron chi connectivity index (χ2n) is 4.85. The largest absolute Gasteiger partial charge is 0.384 e. The molecule has 0 bridgehead atoms. The van der Waals surface area contributed by atoms with Crippen LogP contribution >= 0.6 is 0 Å². The van der Waals surface area contributed by atoms with E-state index >= 15 is 0 Å². The monoisotopic (exact) mass is 179 g/mol. The molecule has 0 aromatic rings. The zero-order valence-corrected chi connectivity index (χ0v) is 9.52. The van der Waals surface area contributed by atoms with Crippen molar-refractivity contribution in [2.24, 2.45) is 0 Å². The molecule has 1 nitrogen and oxygen atoms in total. The first-order chi connectivity index (χ1) is 5.49. The maximum Gasteiger partial charge on any atom is 0.101 e. The molecule has 1 unspecified atom stereocenters. The molecule has 2 rings (SSSR count). The lowest BCUT2D eigenvalue weighted by Gasteiger charge is -2.23. The van der Waals surface area contributed by atoms with Crippen molar-refractivity contribution in [3.63, 3.8) is 0 Å². The van der Waals surface area contributed by atoms with Crippen LogP contribution in [0.4, 0.5) is 0 Å². The first kappa shape index (κ1) is 8.11. The number of allylic oxidation sites excluding steroid dienone is 3. The number of nitrogens with one attached hydrogen (secondary N) is 1. The van der Waals surface area contributed by atoms with E-state index in [0.717, 1.165) is 0 Å². The Labute approximate surface area is 76.2 Å². The Bertz CT molecular complexity index is 281. The van der Waals surface area contributed by atoms with Crippen molar-refractivity contribution in [2.45, 2.75) is 39.3 Å². The molecule has 0 saturated carbocycles. The molecule has 1 N–H and O–H groups in total. The standard InChI is InChI=1S/C10H17NSi/c1-10(2,3)11-7-5-6-8-9(7)12(8)4/h6,11-12H,5H2,1-4H3. The fraction of sp³-hybridized carbons (Fsp3) is 0.600. The average Bonchev–Trinajstić information content (AvgIpc) is 2.35. The molecule has 0 amide bonds. The summed E-state index contributed by atoms with van der Waals surface area (Å²) in [5, 5.41) is 7.05. The molecule has 1 atom stereocenters. The highest BCUT2D eigenvalue weighted by Crippen LogP contribution is 2.44. The maximum absolute atomic E-state index is 3.60. The molecule has 1 aliphatic heterocycles. The summed E-state index contributed by atoms with van der Waals surface area (Å²) in [4.78, 5) is 0. The summed E-state index contributed by atoms with van der Waals surface area (Å²) in [6.45, 7) is 9.11. The minimum Gasteiger partial charge on any atom is -0.384 e. The molecule has 2 heteroatoms. The molecule has 1 heterocycles. The average molecular weight is 179 g/mol. The number of hydrogen-bond donors (Lipinski definition) is 1. The van der Waals surface area contributed by atoms with Crippen LogP contribution in [-0.2, 0) is 0 Å². The smallest absolute Gasteiger partial charge is 0.101 e. The number of hydrogen-bond acceptors (Lipinski definition) is 1. The van der Waals surface area contributed by atoms with Gasteiger partial charge in [0.1, 0.15) is 8.80 Å². The van der Waals surface area contributed by atoms with Gasteiger partial charge in [-0.05, 0) is 26.0 Å². The molecular weight excluding hydrogens is 162 g/mol. The van der Waals surface area contributed by atoms with Gasteiger partial charge in [0.2, 0.25) is 0 Å². The summed E-state index contributed by atoms with van der Waals surface area (Å²) in [5.74, 6) is 0. The van der Waals surface area contributed by atoms with Crippen LogP contribution in [0.25, 0.3) is 0 Å². The van der Waals surface area contributed by atoms with Gasteiger partial charge in [-0.15, -0.1) is 0 Å². The van der Waals surface area contributed by atoms with Crippen molar-refractivity contribution < 1.29 is 0 Å². The van der Waals surface area contributed by atoms with E-state index in [1.807, 2.05) is 0 Å². The molecule has 0 aromatic heterocycles. The Balaban J connectivity index is 2.10. The van der Waals surface area contributed by atoms with Crippen LogP contribution in [0.3, 0.4) is 0 Å². The van der Waals surface area contributed by atoms with Gasteiger partial charge in [0.05, 0.1) is 0 Å². The third-order valence-electron chi connectivity index (χ3n) is 2.50. The van der Waals surface area contributed by atoms with Gasteiger partial charge in [-0.3, -0.25) is 0 Å². The molecule has 1 fully saturated rings. The van der Waals surface area contributed by atoms with E-state index < -0.39 is 8.80 Å². The minimum atomic E-state index is -0.480. The van der Waals surface area contributed by atoms with E-state index in [-0.39, 0.29) is 5.54 Å². The quantitative estimate of drug-likeness (QED) is 0.606. The van der Waals surface area contributed by atoms with Crippen LogP contribution in [-0.4, -0.2) is 14.3 Å². The summed E-state index contributed by atoms with van der Waals surface area (Å²) in [5.41, 5.74) is 1.76. The van der Waals surface area contributed by atoms with Gasteiger partial charge in [0.15, 0.2) is 0 Å². The molecule has 0 spiro atoms. The van der Waals surface area contributed by atoms with Crippen molar-refractivity contribution in [1.29, 1.82) is 0 Å². The second-order valence-corrected chi connectivity index (χ2v) is 7.50. The number of rotatable bonds is 1. The second kappa shape index (κ2) is 2.25. The van der Waals surface area contributed by atoms with Crippen LogP contribution in [0.2, 0.25) is 6.55 Å². The maximum atomic E-state index is 3.60. The normalized spacial score (nSPS) is 27.0. The van der Waals surface area contributed by atoms with E-state index in [9.17, 15) is 0 Å². The van der Waals surface area contributed by atoms with Gasteiger partial charge in [-0.2, -0.15) is 0 Å². The SMILES string of the molecule is C[SiH]1C2=CCC(NC(C)(C)C)=C21. The molecule has 0 radical (unpaired) electrons. The Morgan fingerprint density at radius 3 is 2.50 bits per heavy atom. The summed E-state index contributed by atoms with van der Waals surface area (Å²) < 4.78 is 0. The Morgan fingerprint density at radius 1 is 1.42 bits per heavy atom. The van der Waals surface area contributed by atoms with Gasteiger partial charge < -0.3 is 5.32 Å². The third kappa shape index (κ3) is 1.24. The Kier molecular flexibility index (Phi) is 1.52. The molecule has 2 aliphatic rings. The lowest BCUT2D eigenvalue weighted by molar-refractivity contribution is 0.469. The van der Waals surface area contributed by atoms with Gasteiger partial charge in [-0.25, -0.2) is 0 Å². The van der Waals surface area contributed by atoms with Crippen molar-refractivity contribution in [1.82, 2.24) is 5.32 Å². The third-order valence-corrected chi connectivity index (χ3v) is 5.20. The highest BCUT2D eigenvalue weighted by atomic mass is 28.3. The predicted molar refractivity (Wildman–Crippen MR) is 55.6 cm³/mol. The number of fused-ring (bicyclic) bond motifs is 1. The van der Waals surface area contributed by atoms with E-state index in [1.165, 1.54) is 12.1 Å². The first-order valence-electron chi connectivity index (χ1n) is 4.71. The highest BCUT2D eigenvalue weighted by molar-refractivity contribution is 6.90. The van der Waals surface area contributed by atoms with Gasteiger partial charge in [0, 0.05) is 17.7 Å². The zero-order valence-electron chi connectivity index (χ0n) is 8.36. The van der Waals surface area contributed by atoms with Crippen molar-refractivity contribution in [3.8, 4) is 0 Å². The summed E-state index contributed by atoms with van der Waals surface area (Å²) >= 11 is 0. The van der Waals surface area contributed by atoms with Crippen LogP contribution in [0.15, 0.2) is 22.2 Å². The molecule has 1 aliphatic carbocycles. The first-order valence-corrected chi connectivity index (χ1v) is 7.01. The van der Waals surface area contributed by atoms with Crippen LogP contribution in [0.1, 0.15) is 27.2 Å². The van der Waals surface area contributed by atoms with E-state index in [0.29, 0.717) is 0 Å². The summed E-state index contributed by atoms with van der Waals surface area (Å²) in [7, 11) is -0.480. The highest BCUT2D eigenvalue weighted by Gasteiger charge is 2.40. The van der Waals surface area contributed by atoms with E-state index in [1.54, 1.807) is 10.4 Å². The van der Waals surface area contributed by atoms with Crippen molar-refractivity contribution in [2.75, 3.05) is 0 Å². The Hall–Kier alpha value is -0.503. The summed E-state index contributed by atoms with van der Waals surface area (Å²) in [6, 6.07) is 0. The van der Waals surface area contributed by atoms with Gasteiger partial charge >= 0.3 is 0 Å². The molecule has 12 heavy (non-hydrogen) atoms. The topological polar surface area (TPSA) is 12.0 Å². The van der Waals surface area contributed by atoms with Crippen LogP contribution in [0.5, 0.6) is 0 Å². The van der Waals surface area contributed by atoms with Crippen molar-refractivity contribution >= 4 is 8.80 Å². The van der Waals surface area contributed by atoms with Crippen LogP contribution in [0, 0.1) is 0 Å².